The van der Waals surface area contributed by atoms with E-state index in [4.69, 9.17) is 14.2 Å². The molecule has 0 aliphatic carbocycles. The molecule has 4 rings (SSSR count). The van der Waals surface area contributed by atoms with Crippen molar-refractivity contribution in [1.82, 2.24) is 10.6 Å². The molecule has 3 heterocycles. The quantitative estimate of drug-likeness (QED) is 0.377. The largest absolute Gasteiger partial charge is 0.467 e. The van der Waals surface area contributed by atoms with Crippen LogP contribution in [-0.2, 0) is 22.5 Å². The van der Waals surface area contributed by atoms with E-state index in [2.05, 4.69) is 15.6 Å². The maximum atomic E-state index is 13.8. The van der Waals surface area contributed by atoms with Gasteiger partial charge in [-0.25, -0.2) is 4.39 Å². The van der Waals surface area contributed by atoms with Gasteiger partial charge in [-0.3, -0.25) is 4.99 Å². The second kappa shape index (κ2) is 9.38. The van der Waals surface area contributed by atoms with Crippen LogP contribution >= 0.6 is 24.0 Å². The summed E-state index contributed by atoms with van der Waals surface area (Å²) in [4.78, 5) is 4.66. The van der Waals surface area contributed by atoms with Crippen molar-refractivity contribution in [2.45, 2.75) is 57.5 Å². The van der Waals surface area contributed by atoms with E-state index in [0.717, 1.165) is 42.2 Å². The van der Waals surface area contributed by atoms with Crippen molar-refractivity contribution in [2.24, 2.45) is 4.99 Å². The summed E-state index contributed by atoms with van der Waals surface area (Å²) >= 11 is 0. The Morgan fingerprint density at radius 2 is 2.22 bits per heavy atom. The van der Waals surface area contributed by atoms with Crippen LogP contribution in [0.2, 0.25) is 0 Å². The van der Waals surface area contributed by atoms with E-state index in [1.54, 1.807) is 0 Å². The summed E-state index contributed by atoms with van der Waals surface area (Å²) in [5, 5.41) is 6.78. The van der Waals surface area contributed by atoms with Gasteiger partial charge in [-0.15, -0.1) is 24.0 Å². The van der Waals surface area contributed by atoms with Crippen molar-refractivity contribution in [3.8, 4) is 5.75 Å². The van der Waals surface area contributed by atoms with Gasteiger partial charge in [0.15, 0.2) is 12.8 Å². The van der Waals surface area contributed by atoms with Gasteiger partial charge in [0.25, 0.3) is 0 Å². The van der Waals surface area contributed by atoms with E-state index in [1.807, 2.05) is 6.92 Å². The third-order valence-corrected chi connectivity index (χ3v) is 5.18. The molecule has 2 bridgehead atoms. The molecule has 1 aromatic rings. The van der Waals surface area contributed by atoms with Crippen LogP contribution in [-0.4, -0.2) is 44.1 Å². The fourth-order valence-electron chi connectivity index (χ4n) is 4.02. The topological polar surface area (TPSA) is 64.1 Å². The average Bonchev–Trinajstić information content (AvgIpc) is 3.24. The molecule has 0 spiro atoms. The molecule has 0 radical (unpaired) electrons. The van der Waals surface area contributed by atoms with Gasteiger partial charge in [0.05, 0.1) is 24.9 Å². The van der Waals surface area contributed by atoms with E-state index in [9.17, 15) is 4.39 Å². The van der Waals surface area contributed by atoms with Crippen LogP contribution < -0.4 is 15.4 Å². The monoisotopic (exact) mass is 491 g/mol. The van der Waals surface area contributed by atoms with E-state index in [-0.39, 0.29) is 36.6 Å². The third kappa shape index (κ3) is 4.83. The van der Waals surface area contributed by atoms with Crippen molar-refractivity contribution in [1.29, 1.82) is 0 Å². The molecule has 0 saturated carbocycles. The molecule has 1 aromatic carbocycles. The van der Waals surface area contributed by atoms with Crippen molar-refractivity contribution >= 4 is 29.9 Å². The van der Waals surface area contributed by atoms with Crippen LogP contribution in [0, 0.1) is 5.82 Å². The molecule has 2 saturated heterocycles. The number of rotatable bonds is 5. The smallest absolute Gasteiger partial charge is 0.191 e. The lowest BCUT2D eigenvalue weighted by atomic mass is 9.96. The molecule has 27 heavy (non-hydrogen) atoms. The zero-order valence-electron chi connectivity index (χ0n) is 15.5. The average molecular weight is 491 g/mol. The summed E-state index contributed by atoms with van der Waals surface area (Å²) < 4.78 is 30.5. The lowest BCUT2D eigenvalue weighted by molar-refractivity contribution is -0.0172. The number of benzene rings is 1. The van der Waals surface area contributed by atoms with Gasteiger partial charge < -0.3 is 24.8 Å². The Balaban J connectivity index is 0.00000210. The molecule has 0 aromatic heterocycles. The van der Waals surface area contributed by atoms with Crippen molar-refractivity contribution in [3.05, 3.63) is 29.1 Å². The minimum atomic E-state index is -0.263. The summed E-state index contributed by atoms with van der Waals surface area (Å²) in [5.41, 5.74) is 1.60. The number of nitrogens with zero attached hydrogens (tertiary/aromatic N) is 1. The normalized spacial score (nSPS) is 26.1. The summed E-state index contributed by atoms with van der Waals surface area (Å²) in [5.74, 6) is 1.27. The summed E-state index contributed by atoms with van der Waals surface area (Å²) in [6, 6.07) is 3.33. The molecular weight excluding hydrogens is 464 g/mol. The summed E-state index contributed by atoms with van der Waals surface area (Å²) in [6.07, 6.45) is 4.65. The van der Waals surface area contributed by atoms with E-state index in [0.29, 0.717) is 37.8 Å². The number of hydrogen-bond acceptors (Lipinski definition) is 4. The van der Waals surface area contributed by atoms with Gasteiger partial charge in [-0.2, -0.15) is 0 Å². The van der Waals surface area contributed by atoms with Crippen molar-refractivity contribution < 1.29 is 18.6 Å². The number of fused-ring (bicyclic) bond motifs is 3. The second-order valence-electron chi connectivity index (χ2n) is 7.03. The number of nitrogens with one attached hydrogen (secondary N) is 2. The molecule has 3 atom stereocenters. The molecule has 3 aliphatic rings. The third-order valence-electron chi connectivity index (χ3n) is 5.18. The minimum absolute atomic E-state index is 0. The lowest BCUT2D eigenvalue weighted by Crippen LogP contribution is -2.47. The van der Waals surface area contributed by atoms with E-state index in [1.165, 1.54) is 18.6 Å². The molecule has 3 aliphatic heterocycles. The van der Waals surface area contributed by atoms with Gasteiger partial charge >= 0.3 is 0 Å². The standard InChI is InChI=1S/C19H26FN3O3.HI/c1-2-21-19(23-16-9-15-3-4-17(16)26-15)22-6-5-12-7-14(20)8-13-10-24-11-25-18(12)13;/h7-8,15-17H,2-6,9-11H2,1H3,(H2,21,22,23);1H. The Bertz CT molecular complexity index is 688. The highest BCUT2D eigenvalue weighted by Gasteiger charge is 2.41. The Kier molecular flexibility index (Phi) is 7.16. The first-order chi connectivity index (χ1) is 12.7. The van der Waals surface area contributed by atoms with Crippen LogP contribution in [0.15, 0.2) is 17.1 Å². The maximum absolute atomic E-state index is 13.8. The predicted octanol–water partition coefficient (Wildman–Crippen LogP) is 2.73. The minimum Gasteiger partial charge on any atom is -0.467 e. The van der Waals surface area contributed by atoms with Gasteiger partial charge in [0.2, 0.25) is 0 Å². The summed E-state index contributed by atoms with van der Waals surface area (Å²) in [7, 11) is 0. The zero-order chi connectivity index (χ0) is 17.9. The molecule has 0 amide bonds. The van der Waals surface area contributed by atoms with Gasteiger partial charge in [-0.05, 0) is 50.3 Å². The Labute approximate surface area is 176 Å². The lowest BCUT2D eigenvalue weighted by Gasteiger charge is -2.23. The molecule has 2 fully saturated rings. The molecule has 2 N–H and O–H groups in total. The fourth-order valence-corrected chi connectivity index (χ4v) is 4.02. The highest BCUT2D eigenvalue weighted by molar-refractivity contribution is 14.0. The SMILES string of the molecule is CCNC(=NCCc1cc(F)cc2c1OCOC2)NC1CC2CCC1O2.I. The Hall–Kier alpha value is -1.13. The first-order valence-electron chi connectivity index (χ1n) is 9.45. The van der Waals surface area contributed by atoms with Crippen molar-refractivity contribution in [3.63, 3.8) is 0 Å². The van der Waals surface area contributed by atoms with Crippen LogP contribution in [0.5, 0.6) is 5.75 Å². The van der Waals surface area contributed by atoms with E-state index < -0.39 is 0 Å². The first kappa shape index (κ1) is 20.6. The number of halogens is 2. The Morgan fingerprint density at radius 1 is 1.33 bits per heavy atom. The highest BCUT2D eigenvalue weighted by Crippen LogP contribution is 2.34. The molecule has 6 nitrogen and oxygen atoms in total. The number of ether oxygens (including phenoxy) is 3. The molecular formula is C19H27FIN3O3. The maximum Gasteiger partial charge on any atom is 0.191 e. The van der Waals surface area contributed by atoms with Crippen LogP contribution in [0.25, 0.3) is 0 Å². The number of guanidine groups is 1. The highest BCUT2D eigenvalue weighted by atomic mass is 127. The number of aliphatic imine (C=N–C) groups is 1. The summed E-state index contributed by atoms with van der Waals surface area (Å²) in [6.45, 7) is 3.99. The molecule has 8 heteroatoms. The van der Waals surface area contributed by atoms with E-state index >= 15 is 0 Å². The zero-order valence-corrected chi connectivity index (χ0v) is 17.8. The van der Waals surface area contributed by atoms with Gasteiger partial charge in [0.1, 0.15) is 11.6 Å². The fraction of sp³-hybridized carbons (Fsp3) is 0.632. The van der Waals surface area contributed by atoms with Crippen LogP contribution in [0.4, 0.5) is 4.39 Å². The van der Waals surface area contributed by atoms with Gasteiger partial charge in [-0.1, -0.05) is 0 Å². The Morgan fingerprint density at radius 3 is 2.96 bits per heavy atom. The molecule has 3 unspecified atom stereocenters. The molecule has 150 valence electrons. The predicted molar refractivity (Wildman–Crippen MR) is 111 cm³/mol. The van der Waals surface area contributed by atoms with Crippen LogP contribution in [0.1, 0.15) is 37.3 Å². The first-order valence-corrected chi connectivity index (χ1v) is 9.45. The second-order valence-corrected chi connectivity index (χ2v) is 7.03. The van der Waals surface area contributed by atoms with Crippen molar-refractivity contribution in [2.75, 3.05) is 19.9 Å². The number of hydrogen-bond donors (Lipinski definition) is 2. The van der Waals surface area contributed by atoms with Crippen LogP contribution in [0.3, 0.4) is 0 Å². The van der Waals surface area contributed by atoms with Gasteiger partial charge in [0, 0.05) is 18.7 Å².